The molecule has 0 aliphatic carbocycles. The Bertz CT molecular complexity index is 529. The van der Waals surface area contributed by atoms with Crippen LogP contribution in [0.5, 0.6) is 5.75 Å². The first kappa shape index (κ1) is 16.3. The number of carbonyl (C=O) groups excluding carboxylic acids is 1. The second-order valence-electron chi connectivity index (χ2n) is 6.74. The molecular formula is C19H28N2O2. The average Bonchev–Trinajstić information content (AvgIpc) is 3.17. The van der Waals surface area contributed by atoms with Gasteiger partial charge in [0.15, 0.2) is 0 Å². The lowest BCUT2D eigenvalue weighted by molar-refractivity contribution is -0.132. The molecule has 0 saturated carbocycles. The fourth-order valence-electron chi connectivity index (χ4n) is 4.07. The first-order chi connectivity index (χ1) is 11.2. The van der Waals surface area contributed by atoms with Crippen molar-refractivity contribution in [1.82, 2.24) is 9.80 Å². The molecule has 0 spiro atoms. The third-order valence-corrected chi connectivity index (χ3v) is 5.23. The van der Waals surface area contributed by atoms with Crippen molar-refractivity contribution in [3.05, 3.63) is 29.8 Å². The van der Waals surface area contributed by atoms with Gasteiger partial charge < -0.3 is 14.5 Å². The highest BCUT2D eigenvalue weighted by molar-refractivity contribution is 5.79. The molecule has 0 aromatic heterocycles. The molecule has 2 saturated heterocycles. The Morgan fingerprint density at radius 3 is 2.48 bits per heavy atom. The average molecular weight is 316 g/mol. The summed E-state index contributed by atoms with van der Waals surface area (Å²) in [7, 11) is 2.20. The zero-order valence-corrected chi connectivity index (χ0v) is 14.3. The molecular weight excluding hydrogens is 288 g/mol. The molecule has 2 fully saturated rings. The summed E-state index contributed by atoms with van der Waals surface area (Å²) >= 11 is 0. The summed E-state index contributed by atoms with van der Waals surface area (Å²) < 4.78 is 5.46. The molecule has 1 aromatic rings. The van der Waals surface area contributed by atoms with E-state index in [4.69, 9.17) is 4.74 Å². The standard InChI is InChI=1S/C19H28N2O2/c1-3-23-16-10-8-15(9-11-16)14-19(22)21-13-5-7-18(21)17-6-4-12-20(17)2/h8-11,17-18H,3-7,12-14H2,1-2H3/t17-,18+/m1/s1. The number of hydrogen-bond donors (Lipinski definition) is 0. The molecule has 3 rings (SSSR count). The van der Waals surface area contributed by atoms with E-state index >= 15 is 0 Å². The van der Waals surface area contributed by atoms with Gasteiger partial charge >= 0.3 is 0 Å². The normalized spacial score (nSPS) is 25.0. The van der Waals surface area contributed by atoms with Gasteiger partial charge in [0.05, 0.1) is 13.0 Å². The van der Waals surface area contributed by atoms with E-state index in [9.17, 15) is 4.79 Å². The van der Waals surface area contributed by atoms with Crippen molar-refractivity contribution in [3.8, 4) is 5.75 Å². The van der Waals surface area contributed by atoms with Crippen LogP contribution in [0.3, 0.4) is 0 Å². The van der Waals surface area contributed by atoms with Crippen LogP contribution in [0.15, 0.2) is 24.3 Å². The summed E-state index contributed by atoms with van der Waals surface area (Å²) in [5, 5.41) is 0. The number of ether oxygens (including phenoxy) is 1. The van der Waals surface area contributed by atoms with Gasteiger partial charge in [-0.2, -0.15) is 0 Å². The van der Waals surface area contributed by atoms with Crippen LogP contribution in [0.1, 0.15) is 38.2 Å². The predicted molar refractivity (Wildman–Crippen MR) is 91.7 cm³/mol. The lowest BCUT2D eigenvalue weighted by Gasteiger charge is -2.33. The quantitative estimate of drug-likeness (QED) is 0.837. The number of nitrogens with zero attached hydrogens (tertiary/aromatic N) is 2. The number of benzene rings is 1. The van der Waals surface area contributed by atoms with Gasteiger partial charge in [0.1, 0.15) is 5.75 Å². The van der Waals surface area contributed by atoms with Gasteiger partial charge in [-0.3, -0.25) is 4.79 Å². The van der Waals surface area contributed by atoms with Crippen LogP contribution >= 0.6 is 0 Å². The van der Waals surface area contributed by atoms with E-state index in [0.717, 1.165) is 30.7 Å². The zero-order chi connectivity index (χ0) is 16.2. The summed E-state index contributed by atoms with van der Waals surface area (Å²) in [6.45, 7) is 4.74. The van der Waals surface area contributed by atoms with E-state index in [1.807, 2.05) is 31.2 Å². The molecule has 4 heteroatoms. The third-order valence-electron chi connectivity index (χ3n) is 5.23. The highest BCUT2D eigenvalue weighted by atomic mass is 16.5. The molecule has 1 aromatic carbocycles. The highest BCUT2D eigenvalue weighted by Crippen LogP contribution is 2.29. The first-order valence-electron chi connectivity index (χ1n) is 8.90. The number of likely N-dealkylation sites (N-methyl/N-ethyl adjacent to an activating group) is 1. The van der Waals surface area contributed by atoms with Crippen molar-refractivity contribution in [2.24, 2.45) is 0 Å². The molecule has 2 aliphatic rings. The van der Waals surface area contributed by atoms with E-state index < -0.39 is 0 Å². The van der Waals surface area contributed by atoms with Gasteiger partial charge in [-0.1, -0.05) is 12.1 Å². The molecule has 126 valence electrons. The van der Waals surface area contributed by atoms with Gasteiger partial charge in [0.2, 0.25) is 5.91 Å². The Balaban J connectivity index is 1.62. The molecule has 4 nitrogen and oxygen atoms in total. The second kappa shape index (κ2) is 7.35. The minimum absolute atomic E-state index is 0.275. The maximum atomic E-state index is 12.8. The highest BCUT2D eigenvalue weighted by Gasteiger charge is 2.38. The lowest BCUT2D eigenvalue weighted by atomic mass is 10.0. The van der Waals surface area contributed by atoms with E-state index in [0.29, 0.717) is 25.1 Å². The molecule has 0 N–H and O–H groups in total. The van der Waals surface area contributed by atoms with Crippen LogP contribution in [-0.2, 0) is 11.2 Å². The maximum Gasteiger partial charge on any atom is 0.227 e. The van der Waals surface area contributed by atoms with Crippen LogP contribution in [-0.4, -0.2) is 54.5 Å². The topological polar surface area (TPSA) is 32.8 Å². The lowest BCUT2D eigenvalue weighted by Crippen LogP contribution is -2.47. The molecule has 1 amide bonds. The Morgan fingerprint density at radius 2 is 1.83 bits per heavy atom. The maximum absolute atomic E-state index is 12.8. The smallest absolute Gasteiger partial charge is 0.227 e. The van der Waals surface area contributed by atoms with Crippen LogP contribution in [0.2, 0.25) is 0 Å². The molecule has 2 atom stereocenters. The molecule has 0 unspecified atom stereocenters. The van der Waals surface area contributed by atoms with Crippen molar-refractivity contribution < 1.29 is 9.53 Å². The Morgan fingerprint density at radius 1 is 1.13 bits per heavy atom. The van der Waals surface area contributed by atoms with E-state index in [-0.39, 0.29) is 5.91 Å². The molecule has 2 heterocycles. The SMILES string of the molecule is CCOc1ccc(CC(=O)N2CCC[C@H]2[C@H]2CCCN2C)cc1. The van der Waals surface area contributed by atoms with Crippen LogP contribution in [0, 0.1) is 0 Å². The number of rotatable bonds is 5. The minimum Gasteiger partial charge on any atom is -0.494 e. The summed E-state index contributed by atoms with van der Waals surface area (Å²) in [4.78, 5) is 17.4. The van der Waals surface area contributed by atoms with E-state index in [1.54, 1.807) is 0 Å². The summed E-state index contributed by atoms with van der Waals surface area (Å²) in [5.74, 6) is 1.15. The van der Waals surface area contributed by atoms with Crippen LogP contribution < -0.4 is 4.74 Å². The monoisotopic (exact) mass is 316 g/mol. The molecule has 0 bridgehead atoms. The predicted octanol–water partition coefficient (Wildman–Crippen LogP) is 2.71. The largest absolute Gasteiger partial charge is 0.494 e. The summed E-state index contributed by atoms with van der Waals surface area (Å²) in [6, 6.07) is 8.90. The van der Waals surface area contributed by atoms with Crippen molar-refractivity contribution in [2.45, 2.75) is 51.1 Å². The van der Waals surface area contributed by atoms with Crippen molar-refractivity contribution in [1.29, 1.82) is 0 Å². The van der Waals surface area contributed by atoms with Crippen molar-refractivity contribution >= 4 is 5.91 Å². The zero-order valence-electron chi connectivity index (χ0n) is 14.3. The van der Waals surface area contributed by atoms with Gasteiger partial charge in [0, 0.05) is 18.6 Å². The number of likely N-dealkylation sites (tertiary alicyclic amines) is 2. The fourth-order valence-corrected chi connectivity index (χ4v) is 4.07. The Hall–Kier alpha value is -1.55. The molecule has 0 radical (unpaired) electrons. The van der Waals surface area contributed by atoms with Crippen LogP contribution in [0.4, 0.5) is 0 Å². The van der Waals surface area contributed by atoms with Crippen molar-refractivity contribution in [3.63, 3.8) is 0 Å². The van der Waals surface area contributed by atoms with Gasteiger partial charge in [-0.05, 0) is 63.9 Å². The number of carbonyl (C=O) groups is 1. The van der Waals surface area contributed by atoms with Gasteiger partial charge in [0.25, 0.3) is 0 Å². The Labute approximate surface area is 139 Å². The van der Waals surface area contributed by atoms with Gasteiger partial charge in [-0.15, -0.1) is 0 Å². The minimum atomic E-state index is 0.275. The van der Waals surface area contributed by atoms with E-state index in [2.05, 4.69) is 16.8 Å². The summed E-state index contributed by atoms with van der Waals surface area (Å²) in [5.41, 5.74) is 1.07. The first-order valence-corrected chi connectivity index (χ1v) is 8.90. The second-order valence-corrected chi connectivity index (χ2v) is 6.74. The van der Waals surface area contributed by atoms with Crippen molar-refractivity contribution in [2.75, 3.05) is 26.7 Å². The van der Waals surface area contributed by atoms with Gasteiger partial charge in [-0.25, -0.2) is 0 Å². The number of amides is 1. The molecule has 23 heavy (non-hydrogen) atoms. The number of hydrogen-bond acceptors (Lipinski definition) is 3. The third kappa shape index (κ3) is 3.69. The Kier molecular flexibility index (Phi) is 5.21. The fraction of sp³-hybridized carbons (Fsp3) is 0.632. The summed E-state index contributed by atoms with van der Waals surface area (Å²) in [6.07, 6.45) is 5.29. The van der Waals surface area contributed by atoms with Crippen LogP contribution in [0.25, 0.3) is 0 Å². The van der Waals surface area contributed by atoms with E-state index in [1.165, 1.54) is 19.4 Å². The molecule has 2 aliphatic heterocycles.